The van der Waals surface area contributed by atoms with E-state index in [1.54, 1.807) is 7.05 Å². The van der Waals surface area contributed by atoms with Crippen LogP contribution in [0.15, 0.2) is 30.3 Å². The maximum atomic E-state index is 11.5. The van der Waals surface area contributed by atoms with Gasteiger partial charge < -0.3 is 15.5 Å². The van der Waals surface area contributed by atoms with Gasteiger partial charge in [0.2, 0.25) is 0 Å². The molecular formula is C12H15NO3. The molecule has 86 valence electrons. The van der Waals surface area contributed by atoms with Gasteiger partial charge in [-0.1, -0.05) is 30.3 Å². The molecule has 1 fully saturated rings. The molecule has 0 spiro atoms. The maximum absolute atomic E-state index is 11.5. The van der Waals surface area contributed by atoms with E-state index in [1.807, 2.05) is 30.3 Å². The zero-order valence-electron chi connectivity index (χ0n) is 9.00. The first kappa shape index (κ1) is 11.3. The van der Waals surface area contributed by atoms with Crippen molar-refractivity contribution in [2.24, 2.45) is 0 Å². The Balaban J connectivity index is 2.36. The van der Waals surface area contributed by atoms with E-state index in [1.165, 1.54) is 0 Å². The van der Waals surface area contributed by atoms with E-state index in [9.17, 15) is 15.0 Å². The molecule has 0 bridgehead atoms. The van der Waals surface area contributed by atoms with Gasteiger partial charge in [0, 0.05) is 12.0 Å². The highest BCUT2D eigenvalue weighted by atomic mass is 16.3. The zero-order valence-corrected chi connectivity index (χ0v) is 9.00. The molecule has 4 nitrogen and oxygen atoms in total. The molecule has 0 heterocycles. The fourth-order valence-electron chi connectivity index (χ4n) is 2.32. The van der Waals surface area contributed by atoms with E-state index in [4.69, 9.17) is 0 Å². The number of Topliss-reactive ketones (excluding diaryl/α,β-unsaturated/α-hetero) is 1. The van der Waals surface area contributed by atoms with Gasteiger partial charge in [-0.25, -0.2) is 0 Å². The van der Waals surface area contributed by atoms with Crippen LogP contribution in [0.25, 0.3) is 0 Å². The highest BCUT2D eigenvalue weighted by molar-refractivity contribution is 5.91. The molecule has 2 rings (SSSR count). The fraction of sp³-hybridized carbons (Fsp3) is 0.417. The summed E-state index contributed by atoms with van der Waals surface area (Å²) in [5.74, 6) is -0.887. The Kier molecular flexibility index (Phi) is 3.05. The number of hydrogen-bond donors (Lipinski definition) is 3. The number of aliphatic hydroxyl groups excluding tert-OH is 2. The SMILES string of the molecule is CNC1C(O)C(=O)C(O)C1c1ccccc1. The normalized spacial score (nSPS) is 34.3. The van der Waals surface area contributed by atoms with Crippen molar-refractivity contribution < 1.29 is 15.0 Å². The Bertz CT molecular complexity index is 379. The first-order chi connectivity index (χ1) is 7.66. The van der Waals surface area contributed by atoms with Crippen LogP contribution in [0.3, 0.4) is 0 Å². The van der Waals surface area contributed by atoms with E-state index in [0.717, 1.165) is 5.56 Å². The van der Waals surface area contributed by atoms with Crippen molar-refractivity contribution in [3.63, 3.8) is 0 Å². The summed E-state index contributed by atoms with van der Waals surface area (Å²) in [6, 6.07) is 8.85. The number of likely N-dealkylation sites (N-methyl/N-ethyl adjacent to an activating group) is 1. The summed E-state index contributed by atoms with van der Waals surface area (Å²) >= 11 is 0. The number of carbonyl (C=O) groups is 1. The minimum Gasteiger partial charge on any atom is -0.385 e. The predicted octanol–water partition coefficient (Wildman–Crippen LogP) is -0.337. The number of nitrogens with one attached hydrogen (secondary N) is 1. The van der Waals surface area contributed by atoms with E-state index < -0.39 is 24.0 Å². The first-order valence-electron chi connectivity index (χ1n) is 5.29. The van der Waals surface area contributed by atoms with Gasteiger partial charge in [-0.15, -0.1) is 0 Å². The van der Waals surface area contributed by atoms with Crippen LogP contribution in [0.1, 0.15) is 11.5 Å². The van der Waals surface area contributed by atoms with Gasteiger partial charge in [0.1, 0.15) is 12.2 Å². The van der Waals surface area contributed by atoms with Gasteiger partial charge in [-0.05, 0) is 12.6 Å². The molecule has 4 atom stereocenters. The molecule has 0 aliphatic heterocycles. The van der Waals surface area contributed by atoms with Crippen molar-refractivity contribution in [3.05, 3.63) is 35.9 Å². The molecule has 0 saturated heterocycles. The van der Waals surface area contributed by atoms with Crippen LogP contribution in [-0.4, -0.2) is 41.3 Å². The van der Waals surface area contributed by atoms with E-state index in [-0.39, 0.29) is 5.92 Å². The molecular weight excluding hydrogens is 206 g/mol. The van der Waals surface area contributed by atoms with Crippen LogP contribution in [-0.2, 0) is 4.79 Å². The second-order valence-corrected chi connectivity index (χ2v) is 4.04. The Morgan fingerprint density at radius 2 is 1.75 bits per heavy atom. The lowest BCUT2D eigenvalue weighted by atomic mass is 9.92. The van der Waals surface area contributed by atoms with Crippen molar-refractivity contribution in [1.29, 1.82) is 0 Å². The topological polar surface area (TPSA) is 69.6 Å². The summed E-state index contributed by atoms with van der Waals surface area (Å²) in [5.41, 5.74) is 0.860. The first-order valence-corrected chi connectivity index (χ1v) is 5.29. The highest BCUT2D eigenvalue weighted by Gasteiger charge is 2.48. The summed E-state index contributed by atoms with van der Waals surface area (Å²) in [5, 5.41) is 22.4. The zero-order chi connectivity index (χ0) is 11.7. The van der Waals surface area contributed by atoms with Gasteiger partial charge in [0.15, 0.2) is 5.78 Å². The molecule has 1 aliphatic rings. The van der Waals surface area contributed by atoms with Crippen LogP contribution in [0.5, 0.6) is 0 Å². The van der Waals surface area contributed by atoms with Crippen LogP contribution in [0.2, 0.25) is 0 Å². The largest absolute Gasteiger partial charge is 0.385 e. The molecule has 4 heteroatoms. The van der Waals surface area contributed by atoms with Crippen molar-refractivity contribution >= 4 is 5.78 Å². The monoisotopic (exact) mass is 221 g/mol. The Hall–Kier alpha value is -1.23. The summed E-state index contributed by atoms with van der Waals surface area (Å²) < 4.78 is 0. The van der Waals surface area contributed by atoms with Crippen molar-refractivity contribution in [3.8, 4) is 0 Å². The molecule has 0 aromatic heterocycles. The number of ketones is 1. The molecule has 1 aromatic carbocycles. The Morgan fingerprint density at radius 1 is 1.12 bits per heavy atom. The molecule has 3 N–H and O–H groups in total. The van der Waals surface area contributed by atoms with E-state index in [2.05, 4.69) is 5.32 Å². The maximum Gasteiger partial charge on any atom is 0.191 e. The number of hydrogen-bond acceptors (Lipinski definition) is 4. The quantitative estimate of drug-likeness (QED) is 0.639. The third kappa shape index (κ3) is 1.65. The lowest BCUT2D eigenvalue weighted by molar-refractivity contribution is -0.131. The van der Waals surface area contributed by atoms with Crippen LogP contribution >= 0.6 is 0 Å². The fourth-order valence-corrected chi connectivity index (χ4v) is 2.32. The number of aliphatic hydroxyl groups is 2. The molecule has 1 aliphatic carbocycles. The minimum atomic E-state index is -1.13. The standard InChI is InChI=1S/C12H15NO3/c1-13-9-8(7-5-3-2-4-6-7)10(14)12(16)11(9)15/h2-6,8-11,13-15H,1H3. The third-order valence-electron chi connectivity index (χ3n) is 3.17. The summed E-state index contributed by atoms with van der Waals surface area (Å²) in [6.45, 7) is 0. The van der Waals surface area contributed by atoms with Crippen molar-refractivity contribution in [2.45, 2.75) is 24.2 Å². The highest BCUT2D eigenvalue weighted by Crippen LogP contribution is 2.32. The number of carbonyl (C=O) groups excluding carboxylic acids is 1. The van der Waals surface area contributed by atoms with Crippen molar-refractivity contribution in [2.75, 3.05) is 7.05 Å². The number of benzene rings is 1. The average molecular weight is 221 g/mol. The second kappa shape index (κ2) is 4.33. The predicted molar refractivity (Wildman–Crippen MR) is 59.1 cm³/mol. The second-order valence-electron chi connectivity index (χ2n) is 4.04. The van der Waals surface area contributed by atoms with Gasteiger partial charge in [-0.2, -0.15) is 0 Å². The van der Waals surface area contributed by atoms with Crippen molar-refractivity contribution in [1.82, 2.24) is 5.32 Å². The smallest absolute Gasteiger partial charge is 0.191 e. The lowest BCUT2D eigenvalue weighted by Crippen LogP contribution is -2.39. The van der Waals surface area contributed by atoms with Gasteiger partial charge in [-0.3, -0.25) is 4.79 Å². The molecule has 0 amide bonds. The minimum absolute atomic E-state index is 0.381. The third-order valence-corrected chi connectivity index (χ3v) is 3.17. The van der Waals surface area contributed by atoms with E-state index in [0.29, 0.717) is 0 Å². The lowest BCUT2D eigenvalue weighted by Gasteiger charge is -2.21. The van der Waals surface area contributed by atoms with Gasteiger partial charge in [0.05, 0.1) is 0 Å². The summed E-state index contributed by atoms with van der Waals surface area (Å²) in [4.78, 5) is 11.5. The Labute approximate surface area is 93.9 Å². The van der Waals surface area contributed by atoms with Crippen LogP contribution in [0, 0.1) is 0 Å². The average Bonchev–Trinajstić information content (AvgIpc) is 2.54. The van der Waals surface area contributed by atoms with Crippen LogP contribution < -0.4 is 5.32 Å². The van der Waals surface area contributed by atoms with Gasteiger partial charge >= 0.3 is 0 Å². The Morgan fingerprint density at radius 3 is 2.31 bits per heavy atom. The molecule has 16 heavy (non-hydrogen) atoms. The summed E-state index contributed by atoms with van der Waals surface area (Å²) in [6.07, 6.45) is -2.26. The molecule has 0 radical (unpaired) electrons. The van der Waals surface area contributed by atoms with Crippen LogP contribution in [0.4, 0.5) is 0 Å². The summed E-state index contributed by atoms with van der Waals surface area (Å²) in [7, 11) is 1.68. The molecule has 1 saturated carbocycles. The molecule has 4 unspecified atom stereocenters. The van der Waals surface area contributed by atoms with Gasteiger partial charge in [0.25, 0.3) is 0 Å². The molecule has 1 aromatic rings. The number of rotatable bonds is 2. The van der Waals surface area contributed by atoms with E-state index >= 15 is 0 Å².